The monoisotopic (exact) mass is 487 g/mol. The molecule has 0 unspecified atom stereocenters. The Kier molecular flexibility index (Phi) is 5.91. The van der Waals surface area contributed by atoms with Crippen LogP contribution in [0.1, 0.15) is 22.5 Å². The summed E-state index contributed by atoms with van der Waals surface area (Å²) in [6.45, 7) is 0.494. The van der Waals surface area contributed by atoms with Crippen LogP contribution in [-0.4, -0.2) is 32.4 Å². The molecule has 6 heteroatoms. The minimum absolute atomic E-state index is 0.237. The normalized spacial score (nSPS) is 11.2. The lowest BCUT2D eigenvalue weighted by Gasteiger charge is -2.09. The van der Waals surface area contributed by atoms with Gasteiger partial charge in [-0.1, -0.05) is 66.7 Å². The highest BCUT2D eigenvalue weighted by Crippen LogP contribution is 2.33. The molecule has 6 aromatic rings. The highest BCUT2D eigenvalue weighted by Gasteiger charge is 2.19. The number of hydrogen-bond acceptors (Lipinski definition) is 3. The van der Waals surface area contributed by atoms with Crippen molar-refractivity contribution in [1.82, 2.24) is 14.8 Å². The summed E-state index contributed by atoms with van der Waals surface area (Å²) in [5, 5.41) is 17.4. The molecule has 37 heavy (non-hydrogen) atoms. The first kappa shape index (κ1) is 22.6. The van der Waals surface area contributed by atoms with Crippen LogP contribution >= 0.6 is 0 Å². The number of carboxylic acid groups (broad SMARTS) is 1. The third kappa shape index (κ3) is 4.34. The van der Waals surface area contributed by atoms with E-state index >= 15 is 0 Å². The van der Waals surface area contributed by atoms with Crippen molar-refractivity contribution in [2.45, 2.75) is 12.8 Å². The Labute approximate surface area is 213 Å². The maximum absolute atomic E-state index is 12.1. The average Bonchev–Trinajstić information content (AvgIpc) is 3.60. The number of H-pyrrole nitrogens is 1. The van der Waals surface area contributed by atoms with Crippen LogP contribution < -0.4 is 4.74 Å². The second kappa shape index (κ2) is 9.66. The van der Waals surface area contributed by atoms with E-state index in [-0.39, 0.29) is 5.69 Å². The Morgan fingerprint density at radius 3 is 2.49 bits per heavy atom. The Balaban J connectivity index is 1.26. The number of benzene rings is 4. The van der Waals surface area contributed by atoms with E-state index in [0.29, 0.717) is 19.4 Å². The number of aromatic amines is 1. The standard InChI is InChI=1S/C31H25N3O3/c35-31(36)30-27(12-5-20-37-28-13-3-8-21-7-1-2-9-24(21)28)26-11-4-10-25(29(26)33-30)22-14-16-23(17-15-22)34-19-6-18-32-34/h1-4,6-11,13-19,33H,5,12,20H2,(H,35,36). The van der Waals surface area contributed by atoms with Crippen molar-refractivity contribution >= 4 is 27.6 Å². The van der Waals surface area contributed by atoms with E-state index in [1.807, 2.05) is 79.0 Å². The summed E-state index contributed by atoms with van der Waals surface area (Å²) in [5.74, 6) is -0.113. The van der Waals surface area contributed by atoms with Crippen molar-refractivity contribution in [1.29, 1.82) is 0 Å². The molecule has 0 saturated heterocycles. The average molecular weight is 488 g/mol. The minimum Gasteiger partial charge on any atom is -0.493 e. The lowest BCUT2D eigenvalue weighted by atomic mass is 9.99. The molecule has 2 aromatic heterocycles. The number of aromatic nitrogens is 3. The van der Waals surface area contributed by atoms with Gasteiger partial charge in [-0.3, -0.25) is 0 Å². The lowest BCUT2D eigenvalue weighted by molar-refractivity contribution is 0.0690. The number of carbonyl (C=O) groups is 1. The molecule has 2 heterocycles. The van der Waals surface area contributed by atoms with Crippen molar-refractivity contribution in [3.05, 3.63) is 115 Å². The van der Waals surface area contributed by atoms with Crippen molar-refractivity contribution in [2.75, 3.05) is 6.61 Å². The Bertz CT molecular complexity index is 1690. The van der Waals surface area contributed by atoms with Gasteiger partial charge in [-0.05, 0) is 53.6 Å². The smallest absolute Gasteiger partial charge is 0.352 e. The van der Waals surface area contributed by atoms with E-state index in [4.69, 9.17) is 4.74 Å². The van der Waals surface area contributed by atoms with Crippen LogP contribution in [0.3, 0.4) is 0 Å². The van der Waals surface area contributed by atoms with E-state index in [0.717, 1.165) is 49.8 Å². The van der Waals surface area contributed by atoms with Crippen LogP contribution in [0.2, 0.25) is 0 Å². The van der Waals surface area contributed by atoms with E-state index < -0.39 is 5.97 Å². The molecular formula is C31H25N3O3. The van der Waals surface area contributed by atoms with E-state index in [9.17, 15) is 9.90 Å². The Morgan fingerprint density at radius 1 is 0.892 bits per heavy atom. The van der Waals surface area contributed by atoms with Crippen LogP contribution in [0.15, 0.2) is 103 Å². The van der Waals surface area contributed by atoms with Gasteiger partial charge in [0.1, 0.15) is 11.4 Å². The second-order valence-corrected chi connectivity index (χ2v) is 8.94. The summed E-state index contributed by atoms with van der Waals surface area (Å²) in [6.07, 6.45) is 4.93. The molecule has 0 atom stereocenters. The van der Waals surface area contributed by atoms with Gasteiger partial charge in [0.25, 0.3) is 0 Å². The largest absolute Gasteiger partial charge is 0.493 e. The number of nitrogens with zero attached hydrogens (tertiary/aromatic N) is 2. The highest BCUT2D eigenvalue weighted by atomic mass is 16.5. The van der Waals surface area contributed by atoms with Gasteiger partial charge >= 0.3 is 5.97 Å². The number of para-hydroxylation sites is 1. The van der Waals surface area contributed by atoms with Crippen LogP contribution in [0.25, 0.3) is 38.5 Å². The van der Waals surface area contributed by atoms with Crippen molar-refractivity contribution in [3.8, 4) is 22.6 Å². The van der Waals surface area contributed by atoms with Crippen LogP contribution in [0, 0.1) is 0 Å². The van der Waals surface area contributed by atoms with Gasteiger partial charge in [0.15, 0.2) is 0 Å². The lowest BCUT2D eigenvalue weighted by Crippen LogP contribution is -2.04. The molecule has 6 nitrogen and oxygen atoms in total. The fourth-order valence-electron chi connectivity index (χ4n) is 4.92. The number of aryl methyl sites for hydroxylation is 1. The number of fused-ring (bicyclic) bond motifs is 2. The third-order valence-corrected chi connectivity index (χ3v) is 6.68. The molecule has 4 aromatic carbocycles. The summed E-state index contributed by atoms with van der Waals surface area (Å²) in [5.41, 5.74) is 4.80. The molecular weight excluding hydrogens is 462 g/mol. The molecule has 0 fully saturated rings. The molecule has 6 rings (SSSR count). The molecule has 0 bridgehead atoms. The van der Waals surface area contributed by atoms with Gasteiger partial charge in [-0.25, -0.2) is 9.48 Å². The fraction of sp³-hybridized carbons (Fsp3) is 0.0968. The van der Waals surface area contributed by atoms with Gasteiger partial charge in [-0.2, -0.15) is 5.10 Å². The fourth-order valence-corrected chi connectivity index (χ4v) is 4.92. The topological polar surface area (TPSA) is 80.1 Å². The zero-order valence-corrected chi connectivity index (χ0v) is 20.1. The van der Waals surface area contributed by atoms with Crippen molar-refractivity contribution < 1.29 is 14.6 Å². The zero-order chi connectivity index (χ0) is 25.2. The molecule has 0 aliphatic carbocycles. The summed E-state index contributed by atoms with van der Waals surface area (Å²) in [7, 11) is 0. The molecule has 0 aliphatic rings. The van der Waals surface area contributed by atoms with Gasteiger partial charge < -0.3 is 14.8 Å². The number of nitrogens with one attached hydrogen (secondary N) is 1. The molecule has 0 aliphatic heterocycles. The quantitative estimate of drug-likeness (QED) is 0.229. The van der Waals surface area contributed by atoms with Crippen LogP contribution in [0.5, 0.6) is 5.75 Å². The van der Waals surface area contributed by atoms with Gasteiger partial charge in [-0.15, -0.1) is 0 Å². The summed E-state index contributed by atoms with van der Waals surface area (Å²) in [4.78, 5) is 15.3. The number of rotatable bonds is 8. The number of carboxylic acids is 1. The number of aromatic carboxylic acids is 1. The van der Waals surface area contributed by atoms with Crippen molar-refractivity contribution in [2.24, 2.45) is 0 Å². The second-order valence-electron chi connectivity index (χ2n) is 8.94. The molecule has 182 valence electrons. The SMILES string of the molecule is O=C(O)c1[nH]c2c(-c3ccc(-n4cccn4)cc3)cccc2c1CCCOc1cccc2ccccc12. The molecule has 2 N–H and O–H groups in total. The third-order valence-electron chi connectivity index (χ3n) is 6.68. The molecule has 0 saturated carbocycles. The summed E-state index contributed by atoms with van der Waals surface area (Å²) < 4.78 is 7.91. The van der Waals surface area contributed by atoms with E-state index in [1.165, 1.54) is 0 Å². The van der Waals surface area contributed by atoms with Crippen LogP contribution in [0.4, 0.5) is 0 Å². The molecule has 0 radical (unpaired) electrons. The Morgan fingerprint density at radius 2 is 1.68 bits per heavy atom. The predicted octanol–water partition coefficient (Wildman–Crippen LogP) is 6.88. The number of hydrogen-bond donors (Lipinski definition) is 2. The molecule has 0 amide bonds. The van der Waals surface area contributed by atoms with Gasteiger partial charge in [0.05, 0.1) is 17.8 Å². The first-order valence-corrected chi connectivity index (χ1v) is 12.3. The first-order valence-electron chi connectivity index (χ1n) is 12.3. The summed E-state index contributed by atoms with van der Waals surface area (Å²) in [6, 6.07) is 30.1. The van der Waals surface area contributed by atoms with E-state index in [1.54, 1.807) is 10.9 Å². The van der Waals surface area contributed by atoms with Crippen molar-refractivity contribution in [3.63, 3.8) is 0 Å². The molecule has 0 spiro atoms. The minimum atomic E-state index is -0.957. The Hall–Kier alpha value is -4.84. The van der Waals surface area contributed by atoms with Gasteiger partial charge in [0.2, 0.25) is 0 Å². The van der Waals surface area contributed by atoms with E-state index in [2.05, 4.69) is 28.3 Å². The number of ether oxygens (including phenoxy) is 1. The summed E-state index contributed by atoms with van der Waals surface area (Å²) >= 11 is 0. The predicted molar refractivity (Wildman–Crippen MR) is 146 cm³/mol. The maximum atomic E-state index is 12.1. The maximum Gasteiger partial charge on any atom is 0.352 e. The highest BCUT2D eigenvalue weighted by molar-refractivity contribution is 6.03. The van der Waals surface area contributed by atoms with Crippen LogP contribution in [-0.2, 0) is 6.42 Å². The van der Waals surface area contributed by atoms with Gasteiger partial charge in [0, 0.05) is 28.7 Å². The zero-order valence-electron chi connectivity index (χ0n) is 20.1. The first-order chi connectivity index (χ1) is 18.2.